The lowest BCUT2D eigenvalue weighted by Gasteiger charge is -2.26. The van der Waals surface area contributed by atoms with Crippen LogP contribution < -0.4 is 0 Å². The van der Waals surface area contributed by atoms with E-state index in [9.17, 15) is 9.59 Å². The third-order valence-electron chi connectivity index (χ3n) is 1.18. The normalized spacial score (nSPS) is 16.3. The average molecular weight is 174 g/mol. The zero-order valence-corrected chi connectivity index (χ0v) is 5.91. The van der Waals surface area contributed by atoms with Gasteiger partial charge in [-0.15, -0.1) is 0 Å². The fourth-order valence-corrected chi connectivity index (χ4v) is 0.705. The van der Waals surface area contributed by atoms with E-state index < -0.39 is 12.2 Å². The van der Waals surface area contributed by atoms with Crippen molar-refractivity contribution in [3.63, 3.8) is 0 Å². The maximum Gasteiger partial charge on any atom is 0.449 e. The van der Waals surface area contributed by atoms with Gasteiger partial charge in [-0.2, -0.15) is 10.1 Å². The predicted octanol–water partition coefficient (Wildman–Crippen LogP) is 0.242. The highest BCUT2D eigenvalue weighted by Gasteiger charge is 2.27. The van der Waals surface area contributed by atoms with Gasteiger partial charge < -0.3 is 10.2 Å². The Morgan fingerprint density at radius 2 is 1.92 bits per heavy atom. The lowest BCUT2D eigenvalue weighted by molar-refractivity contribution is -0.0129. The van der Waals surface area contributed by atoms with Crippen LogP contribution in [0.3, 0.4) is 0 Å². The van der Waals surface area contributed by atoms with E-state index >= 15 is 0 Å². The molecule has 0 spiro atoms. The number of carbonyl (C=O) groups is 2. The highest BCUT2D eigenvalue weighted by Crippen LogP contribution is 2.05. The van der Waals surface area contributed by atoms with Gasteiger partial charge in [-0.05, 0) is 5.22 Å². The molecule has 0 bridgehead atoms. The van der Waals surface area contributed by atoms with Crippen LogP contribution in [0.2, 0.25) is 0 Å². The summed E-state index contributed by atoms with van der Waals surface area (Å²) >= 11 is 0. The minimum Gasteiger partial charge on any atom is -0.464 e. The predicted molar refractivity (Wildman–Crippen MR) is 34.3 cm³/mol. The van der Waals surface area contributed by atoms with Gasteiger partial charge in [0.25, 0.3) is 0 Å². The molecule has 0 aromatic heterocycles. The molecule has 1 rings (SSSR count). The Kier molecular flexibility index (Phi) is 2.08. The number of rotatable bonds is 0. The van der Waals surface area contributed by atoms with Gasteiger partial charge in [0.05, 0.1) is 13.1 Å². The highest BCUT2D eigenvalue weighted by atomic mass is 16.4. The molecule has 0 unspecified atom stereocenters. The van der Waals surface area contributed by atoms with E-state index in [1.807, 2.05) is 0 Å². The Morgan fingerprint density at radius 1 is 1.25 bits per heavy atom. The van der Waals surface area contributed by atoms with Crippen molar-refractivity contribution < 1.29 is 19.8 Å². The molecule has 0 atom stereocenters. The summed E-state index contributed by atoms with van der Waals surface area (Å²) < 4.78 is 0. The lowest BCUT2D eigenvalue weighted by Crippen LogP contribution is -2.48. The monoisotopic (exact) mass is 174 g/mol. The minimum absolute atomic E-state index is 0.00509. The van der Waals surface area contributed by atoms with Gasteiger partial charge in [0.1, 0.15) is 0 Å². The van der Waals surface area contributed by atoms with Crippen LogP contribution in [0.15, 0.2) is 10.3 Å². The molecule has 1 aliphatic rings. The number of amides is 2. The molecule has 0 saturated carbocycles. The average Bonchev–Trinajstić information content (AvgIpc) is 2.04. The van der Waals surface area contributed by atoms with Gasteiger partial charge in [0.15, 0.2) is 0 Å². The highest BCUT2D eigenvalue weighted by molar-refractivity contribution is 5.71. The van der Waals surface area contributed by atoms with Crippen LogP contribution in [-0.2, 0) is 0 Å². The zero-order chi connectivity index (χ0) is 9.14. The first kappa shape index (κ1) is 8.24. The molecule has 2 N–H and O–H groups in total. The largest absolute Gasteiger partial charge is 0.464 e. The number of nitrogens with zero attached hydrogens (tertiary/aromatic N) is 4. The van der Waals surface area contributed by atoms with E-state index in [2.05, 4.69) is 10.3 Å². The van der Waals surface area contributed by atoms with Crippen LogP contribution in [0.1, 0.15) is 0 Å². The maximum atomic E-state index is 10.4. The van der Waals surface area contributed by atoms with Crippen LogP contribution in [-0.4, -0.2) is 45.6 Å². The van der Waals surface area contributed by atoms with Crippen molar-refractivity contribution >= 4 is 12.2 Å². The number of hydrogen-bond donors (Lipinski definition) is 2. The molecule has 0 saturated heterocycles. The van der Waals surface area contributed by atoms with Crippen molar-refractivity contribution in [2.45, 2.75) is 0 Å². The fraction of sp³-hybridized carbons (Fsp3) is 0.500. The first-order chi connectivity index (χ1) is 5.63. The number of carboxylic acid groups (broad SMARTS) is 2. The van der Waals surface area contributed by atoms with Gasteiger partial charge in [0, 0.05) is 0 Å². The Morgan fingerprint density at radius 3 is 2.33 bits per heavy atom. The molecule has 0 radical (unpaired) electrons. The second-order valence-corrected chi connectivity index (χ2v) is 1.93. The summed E-state index contributed by atoms with van der Waals surface area (Å²) in [6, 6.07) is 0. The molecule has 0 aliphatic carbocycles. The zero-order valence-electron chi connectivity index (χ0n) is 5.91. The lowest BCUT2D eigenvalue weighted by atomic mass is 10.6. The molecule has 1 aliphatic heterocycles. The van der Waals surface area contributed by atoms with Gasteiger partial charge in [-0.3, -0.25) is 0 Å². The fourth-order valence-electron chi connectivity index (χ4n) is 0.705. The second kappa shape index (κ2) is 3.03. The Hall–Kier alpha value is -1.86. The Labute approximate surface area is 66.6 Å². The molecule has 2 amide bonds. The first-order valence-corrected chi connectivity index (χ1v) is 3.04. The van der Waals surface area contributed by atoms with Crippen molar-refractivity contribution in [3.05, 3.63) is 0 Å². The van der Waals surface area contributed by atoms with E-state index in [-0.39, 0.29) is 18.2 Å². The summed E-state index contributed by atoms with van der Waals surface area (Å²) in [5.74, 6) is 0. The number of hydrogen-bond acceptors (Lipinski definition) is 4. The van der Waals surface area contributed by atoms with Gasteiger partial charge >= 0.3 is 12.2 Å². The molecule has 66 valence electrons. The van der Waals surface area contributed by atoms with E-state index in [0.717, 1.165) is 0 Å². The third-order valence-corrected chi connectivity index (χ3v) is 1.18. The van der Waals surface area contributed by atoms with E-state index in [4.69, 9.17) is 10.2 Å². The molecular formula is C4H6N4O4. The molecule has 8 nitrogen and oxygen atoms in total. The number of hydrazine groups is 1. The topological polar surface area (TPSA) is 106 Å². The van der Waals surface area contributed by atoms with E-state index in [1.165, 1.54) is 0 Å². The van der Waals surface area contributed by atoms with Gasteiger partial charge in [-0.25, -0.2) is 9.59 Å². The summed E-state index contributed by atoms with van der Waals surface area (Å²) in [6.07, 6.45) is -2.84. The van der Waals surface area contributed by atoms with Crippen molar-refractivity contribution in [1.82, 2.24) is 10.1 Å². The second-order valence-electron chi connectivity index (χ2n) is 1.93. The Balaban J connectivity index is 2.79. The molecule has 12 heavy (non-hydrogen) atoms. The molecule has 0 fully saturated rings. The summed E-state index contributed by atoms with van der Waals surface area (Å²) in [7, 11) is 0. The standard InChI is InChI=1S/C4H6N4O4/c9-3(10)7-2-1-5-6-8(7)4(11)12/h1-2H2,(H,9,10)(H,11,12). The summed E-state index contributed by atoms with van der Waals surface area (Å²) in [6.45, 7) is 0.182. The van der Waals surface area contributed by atoms with E-state index in [0.29, 0.717) is 5.01 Å². The third kappa shape index (κ3) is 1.41. The van der Waals surface area contributed by atoms with Crippen molar-refractivity contribution in [2.24, 2.45) is 10.3 Å². The minimum atomic E-state index is -1.47. The molecule has 1 heterocycles. The van der Waals surface area contributed by atoms with Gasteiger partial charge in [0.2, 0.25) is 0 Å². The quantitative estimate of drug-likeness (QED) is 0.548. The molecule has 0 aromatic carbocycles. The molecule has 8 heteroatoms. The maximum absolute atomic E-state index is 10.4. The van der Waals surface area contributed by atoms with Crippen LogP contribution in [0.25, 0.3) is 0 Å². The smallest absolute Gasteiger partial charge is 0.449 e. The van der Waals surface area contributed by atoms with E-state index in [1.54, 1.807) is 0 Å². The van der Waals surface area contributed by atoms with Crippen LogP contribution in [0.4, 0.5) is 9.59 Å². The van der Waals surface area contributed by atoms with Crippen LogP contribution in [0.5, 0.6) is 0 Å². The van der Waals surface area contributed by atoms with Crippen molar-refractivity contribution in [1.29, 1.82) is 0 Å². The van der Waals surface area contributed by atoms with Crippen LogP contribution in [0, 0.1) is 0 Å². The van der Waals surface area contributed by atoms with Crippen molar-refractivity contribution in [2.75, 3.05) is 13.1 Å². The van der Waals surface area contributed by atoms with Crippen molar-refractivity contribution in [3.8, 4) is 0 Å². The summed E-state index contributed by atoms with van der Waals surface area (Å²) in [4.78, 5) is 20.7. The summed E-state index contributed by atoms with van der Waals surface area (Å²) in [5.41, 5.74) is 0. The summed E-state index contributed by atoms with van der Waals surface area (Å²) in [5, 5.41) is 24.3. The molecular weight excluding hydrogens is 168 g/mol. The molecule has 0 aromatic rings. The SMILES string of the molecule is O=C(O)N1CCN=NN1C(=O)O. The Bertz CT molecular complexity index is 239. The van der Waals surface area contributed by atoms with Crippen LogP contribution >= 0.6 is 0 Å². The van der Waals surface area contributed by atoms with Gasteiger partial charge in [-0.1, -0.05) is 5.12 Å². The first-order valence-electron chi connectivity index (χ1n) is 3.04.